The number of fused-ring (bicyclic) bond motifs is 3. The average molecular weight is 958 g/mol. The summed E-state index contributed by atoms with van der Waals surface area (Å²) in [6.45, 7) is 12.9. The average Bonchev–Trinajstić information content (AvgIpc) is 3.32. The number of ketones is 3. The predicted molar refractivity (Wildman–Crippen MR) is 256 cm³/mol. The number of piperidine rings is 1. The van der Waals surface area contributed by atoms with Crippen molar-refractivity contribution in [3.05, 3.63) is 47.6 Å². The second-order valence-corrected chi connectivity index (χ2v) is 20.2. The molecule has 1 saturated carbocycles. The SMILES string of the molecule is CO[C@H]1C[C@@H]2CC[C@@H](C)[C@@](O)(O2)C(=O)C(=O)N2CCCC[C@H]2C(=O)O[C@H]([C@H](C)C[C@@H]2CC[C@@H](OCCO)[C@@H](OC)C2)CC(=O)[C@H](C)/C=C(/C)[C@@H](O)[C@H](OC)C(=O)[C@@H](C)C[C@@H](C)\C=C/C=C\C=C/1C. The second kappa shape index (κ2) is 27.3. The van der Waals surface area contributed by atoms with E-state index in [0.717, 1.165) is 12.0 Å². The Bertz CT molecular complexity index is 1810. The number of amides is 1. The summed E-state index contributed by atoms with van der Waals surface area (Å²) in [4.78, 5) is 72.1. The van der Waals surface area contributed by atoms with Gasteiger partial charge in [0.2, 0.25) is 5.79 Å². The van der Waals surface area contributed by atoms with E-state index in [2.05, 4.69) is 0 Å². The first kappa shape index (κ1) is 57.2. The highest BCUT2D eigenvalue weighted by atomic mass is 16.6. The molecular weight excluding hydrogens is 875 g/mol. The number of cyclic esters (lactones) is 1. The van der Waals surface area contributed by atoms with E-state index in [1.54, 1.807) is 41.1 Å². The lowest BCUT2D eigenvalue weighted by Crippen LogP contribution is -2.61. The molecule has 0 unspecified atom stereocenters. The summed E-state index contributed by atoms with van der Waals surface area (Å²) in [7, 11) is 4.58. The summed E-state index contributed by atoms with van der Waals surface area (Å²) in [5.41, 5.74) is 1.26. The van der Waals surface area contributed by atoms with E-state index in [9.17, 15) is 39.3 Å². The zero-order valence-electron chi connectivity index (χ0n) is 42.4. The minimum Gasteiger partial charge on any atom is -0.460 e. The number of Topliss-reactive ketones (excluding diaryl/α,β-unsaturated/α-hetero) is 3. The van der Waals surface area contributed by atoms with Crippen LogP contribution in [0.2, 0.25) is 0 Å². The van der Waals surface area contributed by atoms with Gasteiger partial charge in [-0.25, -0.2) is 4.79 Å². The largest absolute Gasteiger partial charge is 0.460 e. The lowest BCUT2D eigenvalue weighted by molar-refractivity contribution is -0.265. The van der Waals surface area contributed by atoms with Gasteiger partial charge in [0, 0.05) is 58.5 Å². The molecule has 2 bridgehead atoms. The standard InChI is InChI=1S/C53H83NO14/c1-32-16-12-11-13-17-33(2)44(63-8)30-40-21-19-38(7)53(62,68-40)50(59)51(60)54-23-15-14-18-41(54)52(61)67-45(35(4)28-39-20-22-43(66-25-24-55)46(29-39)64-9)31-42(56)34(3)27-37(6)48(58)49(65-10)47(57)36(5)26-32/h11-13,16-17,27,32,34-36,38-41,43-46,48-49,55,58,62H,14-15,18-26,28-31H2,1-10H3/b13-11-,16-12-,33-17-,37-27-/t32-,34+,35+,36-,38+,39-,40-,41-,43+,44-,45-,46-,48+,49+,53+/m0/s1. The topological polar surface area (TPSA) is 205 Å². The number of ether oxygens (including phenoxy) is 6. The summed E-state index contributed by atoms with van der Waals surface area (Å²) in [5, 5.41) is 32.8. The normalized spacial score (nSPS) is 39.2. The number of hydrogen-bond donors (Lipinski definition) is 3. The highest BCUT2D eigenvalue weighted by Crippen LogP contribution is 2.38. The van der Waals surface area contributed by atoms with E-state index in [4.69, 9.17) is 28.4 Å². The van der Waals surface area contributed by atoms with Crippen molar-refractivity contribution < 1.29 is 67.7 Å². The highest BCUT2D eigenvalue weighted by Gasteiger charge is 2.53. The van der Waals surface area contributed by atoms with Gasteiger partial charge in [-0.05, 0) is 107 Å². The Balaban J connectivity index is 1.70. The number of methoxy groups -OCH3 is 3. The molecule has 3 aliphatic heterocycles. The van der Waals surface area contributed by atoms with Crippen LogP contribution in [0.15, 0.2) is 47.6 Å². The van der Waals surface area contributed by atoms with Crippen LogP contribution in [-0.2, 0) is 52.4 Å². The monoisotopic (exact) mass is 958 g/mol. The van der Waals surface area contributed by atoms with E-state index in [1.165, 1.54) is 12.0 Å². The zero-order chi connectivity index (χ0) is 50.3. The Labute approximate surface area is 405 Å². The third-order valence-electron chi connectivity index (χ3n) is 14.9. The van der Waals surface area contributed by atoms with Crippen molar-refractivity contribution in [3.63, 3.8) is 0 Å². The Morgan fingerprint density at radius 1 is 0.853 bits per heavy atom. The van der Waals surface area contributed by atoms with Crippen molar-refractivity contribution in [1.82, 2.24) is 4.90 Å². The van der Waals surface area contributed by atoms with Gasteiger partial charge in [-0.1, -0.05) is 71.1 Å². The quantitative estimate of drug-likeness (QED) is 0.134. The van der Waals surface area contributed by atoms with Crippen molar-refractivity contribution in [3.8, 4) is 0 Å². The third-order valence-corrected chi connectivity index (χ3v) is 14.9. The smallest absolute Gasteiger partial charge is 0.329 e. The van der Waals surface area contributed by atoms with Crippen LogP contribution in [-0.4, -0.2) is 145 Å². The molecule has 2 saturated heterocycles. The zero-order valence-corrected chi connectivity index (χ0v) is 42.4. The van der Waals surface area contributed by atoms with Crippen molar-refractivity contribution in [2.45, 2.75) is 180 Å². The Hall–Kier alpha value is -3.41. The molecule has 0 aromatic carbocycles. The molecule has 15 atom stereocenters. The summed E-state index contributed by atoms with van der Waals surface area (Å²) in [5.74, 6) is -7.96. The molecule has 4 aliphatic rings. The molecule has 3 heterocycles. The first-order chi connectivity index (χ1) is 32.3. The van der Waals surface area contributed by atoms with Crippen LogP contribution < -0.4 is 0 Å². The van der Waals surface area contributed by atoms with E-state index in [-0.39, 0.29) is 74.1 Å². The molecule has 384 valence electrons. The fourth-order valence-electron chi connectivity index (χ4n) is 10.5. The molecule has 68 heavy (non-hydrogen) atoms. The summed E-state index contributed by atoms with van der Waals surface area (Å²) in [6, 6.07) is -1.14. The van der Waals surface area contributed by atoms with Gasteiger partial charge in [0.15, 0.2) is 5.78 Å². The Morgan fingerprint density at radius 2 is 1.59 bits per heavy atom. The Kier molecular flexibility index (Phi) is 22.9. The van der Waals surface area contributed by atoms with E-state index in [0.29, 0.717) is 63.4 Å². The van der Waals surface area contributed by atoms with Crippen LogP contribution in [0, 0.1) is 35.5 Å². The number of hydrogen-bond acceptors (Lipinski definition) is 14. The van der Waals surface area contributed by atoms with Crippen LogP contribution >= 0.6 is 0 Å². The van der Waals surface area contributed by atoms with Gasteiger partial charge in [0.25, 0.3) is 11.7 Å². The van der Waals surface area contributed by atoms with E-state index >= 15 is 0 Å². The fourth-order valence-corrected chi connectivity index (χ4v) is 10.5. The highest BCUT2D eigenvalue weighted by molar-refractivity contribution is 6.39. The summed E-state index contributed by atoms with van der Waals surface area (Å²) < 4.78 is 35.6. The number of aliphatic hydroxyl groups excluding tert-OH is 2. The van der Waals surface area contributed by atoms with E-state index < -0.39 is 77.8 Å². The van der Waals surface area contributed by atoms with Gasteiger partial charge in [0.1, 0.15) is 30.1 Å². The number of allylic oxidation sites excluding steroid dienone is 6. The second-order valence-electron chi connectivity index (χ2n) is 20.2. The number of aliphatic hydroxyl groups is 3. The minimum atomic E-state index is -2.43. The fraction of sp³-hybridized carbons (Fsp3) is 0.755. The third kappa shape index (κ3) is 15.3. The molecule has 0 aromatic heterocycles. The lowest BCUT2D eigenvalue weighted by atomic mass is 9.78. The Morgan fingerprint density at radius 3 is 2.26 bits per heavy atom. The van der Waals surface area contributed by atoms with E-state index in [1.807, 2.05) is 58.1 Å². The maximum atomic E-state index is 14.5. The number of carbonyl (C=O) groups is 5. The number of carbonyl (C=O) groups excluding carboxylic acids is 5. The van der Waals surface area contributed by atoms with Gasteiger partial charge in [-0.15, -0.1) is 0 Å². The summed E-state index contributed by atoms with van der Waals surface area (Å²) in [6.07, 6.45) is 12.0. The first-order valence-electron chi connectivity index (χ1n) is 25.0. The number of rotatable bonds is 9. The first-order valence-corrected chi connectivity index (χ1v) is 25.0. The van der Waals surface area contributed by atoms with Crippen LogP contribution in [0.5, 0.6) is 0 Å². The molecule has 4 rings (SSSR count). The van der Waals surface area contributed by atoms with Crippen molar-refractivity contribution >= 4 is 29.2 Å². The molecule has 15 nitrogen and oxygen atoms in total. The van der Waals surface area contributed by atoms with Crippen LogP contribution in [0.1, 0.15) is 126 Å². The number of nitrogens with zero attached hydrogens (tertiary/aromatic N) is 1. The molecule has 1 amide bonds. The van der Waals surface area contributed by atoms with Gasteiger partial charge in [-0.2, -0.15) is 0 Å². The molecular formula is C53H83NO14. The predicted octanol–water partition coefficient (Wildman–Crippen LogP) is 6.20. The van der Waals surface area contributed by atoms with Gasteiger partial charge in [0.05, 0.1) is 37.6 Å². The molecule has 0 aromatic rings. The maximum Gasteiger partial charge on any atom is 0.329 e. The lowest BCUT2D eigenvalue weighted by Gasteiger charge is -2.42. The molecule has 0 radical (unpaired) electrons. The van der Waals surface area contributed by atoms with Gasteiger partial charge < -0.3 is 48.6 Å². The van der Waals surface area contributed by atoms with Gasteiger partial charge >= 0.3 is 5.97 Å². The molecule has 3 fully saturated rings. The van der Waals surface area contributed by atoms with Crippen molar-refractivity contribution in [2.24, 2.45) is 35.5 Å². The van der Waals surface area contributed by atoms with Crippen molar-refractivity contribution in [1.29, 1.82) is 0 Å². The van der Waals surface area contributed by atoms with Crippen molar-refractivity contribution in [2.75, 3.05) is 41.1 Å². The van der Waals surface area contributed by atoms with Crippen LogP contribution in [0.4, 0.5) is 0 Å². The maximum absolute atomic E-state index is 14.5. The molecule has 15 heteroatoms. The summed E-state index contributed by atoms with van der Waals surface area (Å²) >= 11 is 0. The molecule has 0 spiro atoms. The van der Waals surface area contributed by atoms with Gasteiger partial charge in [-0.3, -0.25) is 19.2 Å². The molecule has 3 N–H and O–H groups in total. The minimum absolute atomic E-state index is 0.0158. The van der Waals surface area contributed by atoms with Crippen LogP contribution in [0.3, 0.4) is 0 Å². The van der Waals surface area contributed by atoms with Crippen LogP contribution in [0.25, 0.3) is 0 Å². The molecule has 1 aliphatic carbocycles. The number of esters is 1.